The lowest BCUT2D eigenvalue weighted by Gasteiger charge is -2.28. The highest BCUT2D eigenvalue weighted by Crippen LogP contribution is 2.28. The largest absolute Gasteiger partial charge is 0.374 e. The standard InChI is InChI=1S/C27H30O5/c28-26-16-24(30-18-22-12-6-2-7-13-22)27(32-26)25(31-19-23-14-8-3-9-15-23)20-29-17-21-10-4-1-5-11-21/h1-15,24-28H,16-20H2/t24-,25+,26+,27-/m1/s1. The first-order chi connectivity index (χ1) is 15.8. The molecule has 0 aliphatic carbocycles. The van der Waals surface area contributed by atoms with E-state index in [2.05, 4.69) is 0 Å². The molecule has 32 heavy (non-hydrogen) atoms. The van der Waals surface area contributed by atoms with Crippen LogP contribution in [0.1, 0.15) is 23.1 Å². The Kier molecular flexibility index (Phi) is 8.42. The Bertz CT molecular complexity index is 903. The van der Waals surface area contributed by atoms with Crippen LogP contribution < -0.4 is 0 Å². The minimum absolute atomic E-state index is 0.286. The Hall–Kier alpha value is -2.54. The van der Waals surface area contributed by atoms with E-state index in [1.807, 2.05) is 91.0 Å². The number of aliphatic hydroxyl groups excluding tert-OH is 1. The molecular weight excluding hydrogens is 404 g/mol. The van der Waals surface area contributed by atoms with Gasteiger partial charge in [-0.1, -0.05) is 91.0 Å². The van der Waals surface area contributed by atoms with Crippen LogP contribution >= 0.6 is 0 Å². The first-order valence-corrected chi connectivity index (χ1v) is 11.0. The highest BCUT2D eigenvalue weighted by molar-refractivity contribution is 5.15. The van der Waals surface area contributed by atoms with Gasteiger partial charge in [0.05, 0.1) is 32.5 Å². The van der Waals surface area contributed by atoms with E-state index in [-0.39, 0.29) is 12.2 Å². The van der Waals surface area contributed by atoms with Crippen LogP contribution in [0.4, 0.5) is 0 Å². The summed E-state index contributed by atoms with van der Waals surface area (Å²) in [6.45, 7) is 1.71. The van der Waals surface area contributed by atoms with Gasteiger partial charge in [0, 0.05) is 6.42 Å². The summed E-state index contributed by atoms with van der Waals surface area (Å²) >= 11 is 0. The molecule has 1 aliphatic rings. The molecule has 168 valence electrons. The minimum atomic E-state index is -0.877. The van der Waals surface area contributed by atoms with Gasteiger partial charge in [0.15, 0.2) is 6.29 Å². The Balaban J connectivity index is 1.40. The summed E-state index contributed by atoms with van der Waals surface area (Å²) < 4.78 is 24.2. The molecule has 0 unspecified atom stereocenters. The predicted octanol–water partition coefficient (Wildman–Crippen LogP) is 4.48. The van der Waals surface area contributed by atoms with Crippen LogP contribution in [0.3, 0.4) is 0 Å². The summed E-state index contributed by atoms with van der Waals surface area (Å²) in [5, 5.41) is 10.2. The third kappa shape index (κ3) is 6.73. The van der Waals surface area contributed by atoms with Crippen molar-refractivity contribution >= 4 is 0 Å². The van der Waals surface area contributed by atoms with Crippen molar-refractivity contribution in [3.05, 3.63) is 108 Å². The number of rotatable bonds is 11. The molecule has 3 aromatic rings. The number of aliphatic hydroxyl groups is 1. The fourth-order valence-electron chi connectivity index (χ4n) is 3.81. The van der Waals surface area contributed by atoms with Gasteiger partial charge in [-0.25, -0.2) is 0 Å². The lowest BCUT2D eigenvalue weighted by Crippen LogP contribution is -2.41. The van der Waals surface area contributed by atoms with E-state index in [1.54, 1.807) is 0 Å². The summed E-state index contributed by atoms with van der Waals surface area (Å²) in [5.41, 5.74) is 3.24. The first kappa shape index (κ1) is 22.6. The Morgan fingerprint density at radius 1 is 0.750 bits per heavy atom. The first-order valence-electron chi connectivity index (χ1n) is 11.0. The summed E-state index contributed by atoms with van der Waals surface area (Å²) in [4.78, 5) is 0. The molecule has 5 nitrogen and oxygen atoms in total. The van der Waals surface area contributed by atoms with Crippen LogP contribution in [0.25, 0.3) is 0 Å². The zero-order chi connectivity index (χ0) is 22.0. The zero-order valence-electron chi connectivity index (χ0n) is 18.1. The molecule has 5 heteroatoms. The van der Waals surface area contributed by atoms with Crippen molar-refractivity contribution < 1.29 is 24.1 Å². The average molecular weight is 435 g/mol. The normalized spacial score (nSPS) is 21.5. The summed E-state index contributed by atoms with van der Waals surface area (Å²) in [6.07, 6.45) is -1.56. The molecule has 1 fully saturated rings. The Morgan fingerprint density at radius 3 is 1.88 bits per heavy atom. The number of hydrogen-bond donors (Lipinski definition) is 1. The van der Waals surface area contributed by atoms with Crippen molar-refractivity contribution in [2.24, 2.45) is 0 Å². The molecule has 1 N–H and O–H groups in total. The van der Waals surface area contributed by atoms with Crippen molar-refractivity contribution in [1.29, 1.82) is 0 Å². The maximum atomic E-state index is 10.2. The quantitative estimate of drug-likeness (QED) is 0.482. The molecule has 4 rings (SSSR count). The number of benzene rings is 3. The molecule has 0 spiro atoms. The molecule has 1 heterocycles. The number of ether oxygens (including phenoxy) is 4. The van der Waals surface area contributed by atoms with E-state index in [0.29, 0.717) is 32.8 Å². The highest BCUT2D eigenvalue weighted by atomic mass is 16.7. The monoisotopic (exact) mass is 434 g/mol. The Labute approximate surface area is 189 Å². The molecule has 4 atom stereocenters. The fourth-order valence-corrected chi connectivity index (χ4v) is 3.81. The topological polar surface area (TPSA) is 57.2 Å². The lowest BCUT2D eigenvalue weighted by atomic mass is 10.1. The minimum Gasteiger partial charge on any atom is -0.374 e. The third-order valence-corrected chi connectivity index (χ3v) is 5.49. The molecular formula is C27H30O5. The van der Waals surface area contributed by atoms with Crippen molar-refractivity contribution in [2.75, 3.05) is 6.61 Å². The Morgan fingerprint density at radius 2 is 1.28 bits per heavy atom. The maximum Gasteiger partial charge on any atom is 0.157 e. The van der Waals surface area contributed by atoms with E-state index in [9.17, 15) is 5.11 Å². The fraction of sp³-hybridized carbons (Fsp3) is 0.333. The molecule has 3 aromatic carbocycles. The highest BCUT2D eigenvalue weighted by Gasteiger charge is 2.41. The van der Waals surface area contributed by atoms with Crippen LogP contribution in [0, 0.1) is 0 Å². The molecule has 0 radical (unpaired) electrons. The lowest BCUT2D eigenvalue weighted by molar-refractivity contribution is -0.166. The van der Waals surface area contributed by atoms with Gasteiger partial charge < -0.3 is 24.1 Å². The summed E-state index contributed by atoms with van der Waals surface area (Å²) in [6, 6.07) is 30.0. The van der Waals surface area contributed by atoms with E-state index in [0.717, 1.165) is 16.7 Å². The van der Waals surface area contributed by atoms with Gasteiger partial charge in [-0.05, 0) is 16.7 Å². The van der Waals surface area contributed by atoms with Crippen LogP contribution in [0.15, 0.2) is 91.0 Å². The van der Waals surface area contributed by atoms with Gasteiger partial charge in [0.1, 0.15) is 12.2 Å². The van der Waals surface area contributed by atoms with Crippen molar-refractivity contribution in [3.8, 4) is 0 Å². The summed E-state index contributed by atoms with van der Waals surface area (Å²) in [7, 11) is 0. The van der Waals surface area contributed by atoms with Gasteiger partial charge in [-0.3, -0.25) is 0 Å². The zero-order valence-corrected chi connectivity index (χ0v) is 18.1. The molecule has 0 saturated carbocycles. The van der Waals surface area contributed by atoms with E-state index in [1.165, 1.54) is 0 Å². The third-order valence-electron chi connectivity index (χ3n) is 5.49. The maximum absolute atomic E-state index is 10.2. The molecule has 0 bridgehead atoms. The SMILES string of the molecule is O[C@@H]1C[C@@H](OCc2ccccc2)[C@H]([C@H](COCc2ccccc2)OCc2ccccc2)O1. The molecule has 1 saturated heterocycles. The molecule has 1 aliphatic heterocycles. The second-order valence-electron chi connectivity index (χ2n) is 7.96. The molecule has 0 amide bonds. The van der Waals surface area contributed by atoms with Crippen molar-refractivity contribution in [1.82, 2.24) is 0 Å². The van der Waals surface area contributed by atoms with Gasteiger partial charge >= 0.3 is 0 Å². The van der Waals surface area contributed by atoms with Crippen molar-refractivity contribution in [2.45, 2.75) is 50.8 Å². The van der Waals surface area contributed by atoms with Gasteiger partial charge in [-0.15, -0.1) is 0 Å². The van der Waals surface area contributed by atoms with Crippen LogP contribution in [-0.4, -0.2) is 36.3 Å². The van der Waals surface area contributed by atoms with E-state index < -0.39 is 12.4 Å². The second-order valence-corrected chi connectivity index (χ2v) is 7.96. The van der Waals surface area contributed by atoms with Crippen LogP contribution in [-0.2, 0) is 38.8 Å². The van der Waals surface area contributed by atoms with Gasteiger partial charge in [0.2, 0.25) is 0 Å². The number of hydrogen-bond acceptors (Lipinski definition) is 5. The van der Waals surface area contributed by atoms with E-state index in [4.69, 9.17) is 18.9 Å². The smallest absolute Gasteiger partial charge is 0.157 e. The average Bonchev–Trinajstić information content (AvgIpc) is 3.22. The van der Waals surface area contributed by atoms with E-state index >= 15 is 0 Å². The predicted molar refractivity (Wildman–Crippen MR) is 122 cm³/mol. The second kappa shape index (κ2) is 11.9. The van der Waals surface area contributed by atoms with Crippen LogP contribution in [0.5, 0.6) is 0 Å². The molecule has 0 aromatic heterocycles. The van der Waals surface area contributed by atoms with Gasteiger partial charge in [0.25, 0.3) is 0 Å². The van der Waals surface area contributed by atoms with Gasteiger partial charge in [-0.2, -0.15) is 0 Å². The van der Waals surface area contributed by atoms with Crippen molar-refractivity contribution in [3.63, 3.8) is 0 Å². The summed E-state index contributed by atoms with van der Waals surface area (Å²) in [5.74, 6) is 0. The van der Waals surface area contributed by atoms with Crippen LogP contribution in [0.2, 0.25) is 0 Å².